The fraction of sp³-hybridized carbons (Fsp3) is 0.214. The van der Waals surface area contributed by atoms with Crippen LogP contribution in [0.1, 0.15) is 49.3 Å². The number of Topliss-reactive ketones (excluding diaryl/α,β-unsaturated/α-hetero) is 1. The SMILES string of the molecule is CCC(=O)N1c2ccccc2NC2=C(C(=O)C[C@H](c3cccc([N+](=O)[O-])c3)C2)[C@H]1c1ccc(Cl)cc1. The number of nitrogens with zero attached hydrogens (tertiary/aromatic N) is 2. The molecule has 7 nitrogen and oxygen atoms in total. The molecule has 0 fully saturated rings. The second kappa shape index (κ2) is 9.59. The molecule has 1 heterocycles. The highest BCUT2D eigenvalue weighted by Crippen LogP contribution is 2.47. The van der Waals surface area contributed by atoms with Gasteiger partial charge in [0.15, 0.2) is 5.78 Å². The zero-order chi connectivity index (χ0) is 25.4. The highest BCUT2D eigenvalue weighted by Gasteiger charge is 2.41. The molecule has 0 spiro atoms. The number of rotatable bonds is 4. The molecular weight excluding hydrogens is 478 g/mol. The fourth-order valence-electron chi connectivity index (χ4n) is 5.12. The molecule has 182 valence electrons. The summed E-state index contributed by atoms with van der Waals surface area (Å²) in [6.45, 7) is 1.80. The van der Waals surface area contributed by atoms with E-state index in [1.54, 1.807) is 30.0 Å². The molecule has 2 aliphatic rings. The first-order valence-corrected chi connectivity index (χ1v) is 12.2. The lowest BCUT2D eigenvalue weighted by Gasteiger charge is -2.35. The predicted octanol–water partition coefficient (Wildman–Crippen LogP) is 6.56. The molecule has 1 N–H and O–H groups in total. The van der Waals surface area contributed by atoms with Crippen LogP contribution in [-0.2, 0) is 9.59 Å². The number of carbonyl (C=O) groups excluding carboxylic acids is 2. The number of anilines is 2. The summed E-state index contributed by atoms with van der Waals surface area (Å²) in [4.78, 5) is 39.8. The summed E-state index contributed by atoms with van der Waals surface area (Å²) in [7, 11) is 0. The van der Waals surface area contributed by atoms with Crippen LogP contribution in [0.3, 0.4) is 0 Å². The van der Waals surface area contributed by atoms with Crippen molar-refractivity contribution in [3.8, 4) is 0 Å². The van der Waals surface area contributed by atoms with E-state index in [9.17, 15) is 19.7 Å². The Labute approximate surface area is 213 Å². The molecule has 5 rings (SSSR count). The summed E-state index contributed by atoms with van der Waals surface area (Å²) in [5.74, 6) is -0.427. The van der Waals surface area contributed by atoms with E-state index in [0.717, 1.165) is 22.5 Å². The van der Waals surface area contributed by atoms with Gasteiger partial charge in [-0.15, -0.1) is 0 Å². The van der Waals surface area contributed by atoms with Crippen molar-refractivity contribution in [2.75, 3.05) is 10.2 Å². The van der Waals surface area contributed by atoms with Gasteiger partial charge in [0, 0.05) is 41.3 Å². The molecule has 1 amide bonds. The first kappa shape index (κ1) is 23.8. The molecule has 0 saturated carbocycles. The minimum absolute atomic E-state index is 0.00217. The Hall–Kier alpha value is -3.97. The van der Waals surface area contributed by atoms with Gasteiger partial charge in [-0.05, 0) is 47.7 Å². The smallest absolute Gasteiger partial charge is 0.269 e. The summed E-state index contributed by atoms with van der Waals surface area (Å²) in [5.41, 5.74) is 4.22. The number of amides is 1. The molecule has 0 aromatic heterocycles. The van der Waals surface area contributed by atoms with Crippen molar-refractivity contribution in [1.29, 1.82) is 0 Å². The van der Waals surface area contributed by atoms with E-state index < -0.39 is 11.0 Å². The van der Waals surface area contributed by atoms with Crippen molar-refractivity contribution < 1.29 is 14.5 Å². The lowest BCUT2D eigenvalue weighted by Crippen LogP contribution is -2.38. The topological polar surface area (TPSA) is 92.6 Å². The van der Waals surface area contributed by atoms with Gasteiger partial charge in [0.05, 0.1) is 22.3 Å². The second-order valence-corrected chi connectivity index (χ2v) is 9.42. The number of non-ortho nitro benzene ring substituents is 1. The van der Waals surface area contributed by atoms with Crippen LogP contribution in [0.4, 0.5) is 17.1 Å². The minimum atomic E-state index is -0.626. The second-order valence-electron chi connectivity index (χ2n) is 8.99. The molecule has 2 atom stereocenters. The summed E-state index contributed by atoms with van der Waals surface area (Å²) >= 11 is 6.16. The zero-order valence-electron chi connectivity index (χ0n) is 19.6. The maximum Gasteiger partial charge on any atom is 0.269 e. The highest BCUT2D eigenvalue weighted by atomic mass is 35.5. The van der Waals surface area contributed by atoms with E-state index in [4.69, 9.17) is 11.6 Å². The largest absolute Gasteiger partial charge is 0.357 e. The number of para-hydroxylation sites is 2. The van der Waals surface area contributed by atoms with Crippen LogP contribution in [0, 0.1) is 10.1 Å². The predicted molar refractivity (Wildman–Crippen MR) is 139 cm³/mol. The number of nitrogens with one attached hydrogen (secondary N) is 1. The number of benzene rings is 3. The van der Waals surface area contributed by atoms with Gasteiger partial charge in [-0.25, -0.2) is 0 Å². The number of hydrogen-bond donors (Lipinski definition) is 1. The lowest BCUT2D eigenvalue weighted by atomic mass is 9.78. The number of carbonyl (C=O) groups is 2. The van der Waals surface area contributed by atoms with Gasteiger partial charge in [-0.2, -0.15) is 0 Å². The average Bonchev–Trinajstić information content (AvgIpc) is 3.03. The minimum Gasteiger partial charge on any atom is -0.357 e. The van der Waals surface area contributed by atoms with Crippen molar-refractivity contribution in [3.63, 3.8) is 0 Å². The Bertz CT molecular complexity index is 1400. The molecule has 1 aliphatic carbocycles. The Morgan fingerprint density at radius 1 is 1.06 bits per heavy atom. The molecule has 0 saturated heterocycles. The van der Waals surface area contributed by atoms with Crippen LogP contribution < -0.4 is 10.2 Å². The summed E-state index contributed by atoms with van der Waals surface area (Å²) in [6.07, 6.45) is 0.941. The standard InChI is InChI=1S/C28H24ClN3O4/c1-2-26(34)31-24-9-4-3-8-22(24)30-23-15-19(18-6-5-7-21(14-18)32(35)36)16-25(33)27(23)28(31)17-10-12-20(29)13-11-17/h3-14,19,28,30H,2,15-16H2,1H3/t19-,28-/m1/s1. The number of halogens is 1. The van der Waals surface area contributed by atoms with Gasteiger partial charge >= 0.3 is 0 Å². The molecule has 3 aromatic carbocycles. The third kappa shape index (κ3) is 4.27. The fourth-order valence-corrected chi connectivity index (χ4v) is 5.25. The van der Waals surface area contributed by atoms with Crippen LogP contribution >= 0.6 is 11.6 Å². The van der Waals surface area contributed by atoms with Crippen LogP contribution in [0.5, 0.6) is 0 Å². The number of nitro benzene ring substituents is 1. The molecule has 3 aromatic rings. The van der Waals surface area contributed by atoms with E-state index in [1.807, 2.05) is 42.5 Å². The molecule has 0 bridgehead atoms. The number of ketones is 1. The Morgan fingerprint density at radius 3 is 2.53 bits per heavy atom. The quantitative estimate of drug-likeness (QED) is 0.323. The van der Waals surface area contributed by atoms with Gasteiger partial charge in [0.25, 0.3) is 5.69 Å². The van der Waals surface area contributed by atoms with E-state index in [0.29, 0.717) is 22.7 Å². The highest BCUT2D eigenvalue weighted by molar-refractivity contribution is 6.30. The summed E-state index contributed by atoms with van der Waals surface area (Å²) < 4.78 is 0. The zero-order valence-corrected chi connectivity index (χ0v) is 20.4. The van der Waals surface area contributed by atoms with E-state index in [1.165, 1.54) is 12.1 Å². The van der Waals surface area contributed by atoms with Crippen molar-refractivity contribution in [2.45, 2.75) is 38.1 Å². The molecule has 8 heteroatoms. The third-order valence-electron chi connectivity index (χ3n) is 6.80. The molecule has 1 aliphatic heterocycles. The van der Waals surface area contributed by atoms with Gasteiger partial charge in [-0.1, -0.05) is 54.9 Å². The molecule has 0 radical (unpaired) electrons. The Balaban J connectivity index is 1.68. The maximum absolute atomic E-state index is 13.8. The maximum atomic E-state index is 13.8. The number of allylic oxidation sites excluding steroid dienone is 1. The van der Waals surface area contributed by atoms with Gasteiger partial charge in [0.1, 0.15) is 0 Å². The van der Waals surface area contributed by atoms with Crippen LogP contribution in [0.2, 0.25) is 5.02 Å². The number of fused-ring (bicyclic) bond motifs is 1. The summed E-state index contributed by atoms with van der Waals surface area (Å²) in [6, 6.07) is 20.6. The number of nitro groups is 1. The Morgan fingerprint density at radius 2 is 1.81 bits per heavy atom. The Kier molecular flexibility index (Phi) is 6.33. The van der Waals surface area contributed by atoms with Gasteiger partial charge in [-0.3, -0.25) is 24.6 Å². The van der Waals surface area contributed by atoms with Crippen LogP contribution in [0.25, 0.3) is 0 Å². The first-order chi connectivity index (χ1) is 17.4. The van der Waals surface area contributed by atoms with Crippen molar-refractivity contribution in [1.82, 2.24) is 0 Å². The number of hydrogen-bond acceptors (Lipinski definition) is 5. The molecule has 36 heavy (non-hydrogen) atoms. The van der Waals surface area contributed by atoms with E-state index >= 15 is 0 Å². The van der Waals surface area contributed by atoms with Crippen molar-refractivity contribution >= 4 is 40.4 Å². The van der Waals surface area contributed by atoms with Gasteiger partial charge < -0.3 is 5.32 Å². The lowest BCUT2D eigenvalue weighted by molar-refractivity contribution is -0.384. The van der Waals surface area contributed by atoms with Crippen LogP contribution in [-0.4, -0.2) is 16.6 Å². The van der Waals surface area contributed by atoms with Gasteiger partial charge in [0.2, 0.25) is 5.91 Å². The van der Waals surface area contributed by atoms with Crippen molar-refractivity contribution in [3.05, 3.63) is 110 Å². The van der Waals surface area contributed by atoms with Crippen molar-refractivity contribution in [2.24, 2.45) is 0 Å². The molecule has 0 unspecified atom stereocenters. The van der Waals surface area contributed by atoms with E-state index in [-0.39, 0.29) is 36.1 Å². The third-order valence-corrected chi connectivity index (χ3v) is 7.05. The van der Waals surface area contributed by atoms with Crippen LogP contribution in [0.15, 0.2) is 84.1 Å². The average molecular weight is 502 g/mol. The first-order valence-electron chi connectivity index (χ1n) is 11.8. The normalized spacial score (nSPS) is 19.2. The summed E-state index contributed by atoms with van der Waals surface area (Å²) in [5, 5.41) is 15.4. The van der Waals surface area contributed by atoms with E-state index in [2.05, 4.69) is 5.32 Å². The monoisotopic (exact) mass is 501 g/mol. The molecular formula is C28H24ClN3O4.